The van der Waals surface area contributed by atoms with Gasteiger partial charge in [0, 0.05) is 36.9 Å². The first kappa shape index (κ1) is 25.3. The molecule has 0 fully saturated rings. The predicted octanol–water partition coefficient (Wildman–Crippen LogP) is 10.6. The van der Waals surface area contributed by atoms with Crippen LogP contribution < -0.4 is 0 Å². The molecule has 0 aliphatic rings. The third-order valence-corrected chi connectivity index (χ3v) is 8.97. The van der Waals surface area contributed by atoms with E-state index in [2.05, 4.69) is 91.0 Å². The Kier molecular flexibility index (Phi) is 6.32. The summed E-state index contributed by atoms with van der Waals surface area (Å²) in [5, 5.41) is 2.46. The van der Waals surface area contributed by atoms with E-state index in [4.69, 9.17) is 15.0 Å². The number of rotatable bonds is 5. The van der Waals surface area contributed by atoms with E-state index in [1.807, 2.05) is 60.7 Å². The maximum atomic E-state index is 5.00. The van der Waals surface area contributed by atoms with Gasteiger partial charge >= 0.3 is 0 Å². The van der Waals surface area contributed by atoms with Crippen LogP contribution in [0.15, 0.2) is 152 Å². The first-order chi connectivity index (χ1) is 21.3. The summed E-state index contributed by atoms with van der Waals surface area (Å²) in [5.41, 5.74) is 7.81. The Balaban J connectivity index is 1.24. The normalized spacial score (nSPS) is 11.3. The molecule has 0 amide bonds. The van der Waals surface area contributed by atoms with E-state index >= 15 is 0 Å². The summed E-state index contributed by atoms with van der Waals surface area (Å²) in [4.78, 5) is 14.9. The lowest BCUT2D eigenvalue weighted by Crippen LogP contribution is -2.00. The molecule has 202 valence electrons. The Hall–Kier alpha value is -5.45. The minimum atomic E-state index is 0.670. The van der Waals surface area contributed by atoms with Gasteiger partial charge in [0.25, 0.3) is 0 Å². The summed E-state index contributed by atoms with van der Waals surface area (Å²) >= 11 is 1.79. The Morgan fingerprint density at radius 3 is 1.44 bits per heavy atom. The summed E-state index contributed by atoms with van der Waals surface area (Å²) < 4.78 is 2.42. The van der Waals surface area contributed by atoms with Gasteiger partial charge in [0.05, 0.1) is 0 Å². The average molecular weight is 568 g/mol. The lowest BCUT2D eigenvalue weighted by molar-refractivity contribution is 1.08. The van der Waals surface area contributed by atoms with Crippen molar-refractivity contribution in [2.45, 2.75) is 0 Å². The molecule has 6 aromatic carbocycles. The molecule has 4 heteroatoms. The molecular weight excluding hydrogens is 543 g/mol. The molecule has 2 aromatic heterocycles. The van der Waals surface area contributed by atoms with Gasteiger partial charge in [-0.3, -0.25) is 0 Å². The smallest absolute Gasteiger partial charge is 0.165 e. The van der Waals surface area contributed by atoms with E-state index in [0.29, 0.717) is 17.5 Å². The number of nitrogens with zero attached hydrogens (tertiary/aromatic N) is 3. The molecule has 2 heterocycles. The quantitative estimate of drug-likeness (QED) is 0.208. The second kappa shape index (κ2) is 10.8. The molecule has 8 rings (SSSR count). The number of benzene rings is 6. The van der Waals surface area contributed by atoms with E-state index < -0.39 is 0 Å². The summed E-state index contributed by atoms with van der Waals surface area (Å²) in [6.07, 6.45) is 0. The molecule has 0 saturated carbocycles. The molecule has 0 atom stereocenters. The first-order valence-electron chi connectivity index (χ1n) is 14.3. The van der Waals surface area contributed by atoms with Crippen LogP contribution in [0.25, 0.3) is 76.6 Å². The number of hydrogen-bond donors (Lipinski definition) is 0. The zero-order valence-electron chi connectivity index (χ0n) is 23.2. The molecule has 0 saturated heterocycles. The molecule has 0 bridgehead atoms. The molecule has 0 spiro atoms. The Labute approximate surface area is 253 Å². The topological polar surface area (TPSA) is 38.7 Å². The lowest BCUT2D eigenvalue weighted by atomic mass is 9.99. The summed E-state index contributed by atoms with van der Waals surface area (Å²) in [7, 11) is 0. The van der Waals surface area contributed by atoms with Crippen molar-refractivity contribution < 1.29 is 0 Å². The van der Waals surface area contributed by atoms with Crippen molar-refractivity contribution >= 4 is 31.5 Å². The molecule has 0 N–H and O–H groups in total. The maximum Gasteiger partial charge on any atom is 0.165 e. The van der Waals surface area contributed by atoms with Gasteiger partial charge in [-0.05, 0) is 34.4 Å². The molecule has 0 unspecified atom stereocenters. The molecule has 0 aliphatic carbocycles. The average Bonchev–Trinajstić information content (AvgIpc) is 3.47. The second-order valence-electron chi connectivity index (χ2n) is 10.5. The predicted molar refractivity (Wildman–Crippen MR) is 180 cm³/mol. The highest BCUT2D eigenvalue weighted by Crippen LogP contribution is 2.41. The highest BCUT2D eigenvalue weighted by Gasteiger charge is 2.17. The van der Waals surface area contributed by atoms with Crippen molar-refractivity contribution in [2.75, 3.05) is 0 Å². The van der Waals surface area contributed by atoms with Crippen LogP contribution in [-0.4, -0.2) is 15.0 Å². The van der Waals surface area contributed by atoms with E-state index in [9.17, 15) is 0 Å². The van der Waals surface area contributed by atoms with Crippen molar-refractivity contribution in [3.63, 3.8) is 0 Å². The van der Waals surface area contributed by atoms with Crippen LogP contribution in [0.1, 0.15) is 0 Å². The third-order valence-electron chi connectivity index (χ3n) is 7.76. The Morgan fingerprint density at radius 1 is 0.349 bits per heavy atom. The molecule has 3 nitrogen and oxygen atoms in total. The summed E-state index contributed by atoms with van der Waals surface area (Å²) in [6.45, 7) is 0. The minimum absolute atomic E-state index is 0.670. The van der Waals surface area contributed by atoms with Crippen molar-refractivity contribution in [3.05, 3.63) is 152 Å². The van der Waals surface area contributed by atoms with Crippen LogP contribution in [0.4, 0.5) is 0 Å². The monoisotopic (exact) mass is 567 g/mol. The molecule has 43 heavy (non-hydrogen) atoms. The highest BCUT2D eigenvalue weighted by molar-refractivity contribution is 7.26. The van der Waals surface area contributed by atoms with E-state index in [1.165, 1.54) is 42.4 Å². The lowest BCUT2D eigenvalue weighted by Gasteiger charge is -2.09. The van der Waals surface area contributed by atoms with Crippen LogP contribution in [0, 0.1) is 0 Å². The first-order valence-corrected chi connectivity index (χ1v) is 15.1. The SMILES string of the molecule is c1ccc(-c2ccc(-c3ccc4c(c3)sc3c(-c5nc(-c6ccccc6)nc(-c6ccccc6)n5)cccc34)cc2)cc1. The zero-order valence-corrected chi connectivity index (χ0v) is 24.0. The van der Waals surface area contributed by atoms with E-state index in [1.54, 1.807) is 11.3 Å². The Bertz CT molecular complexity index is 2150. The fraction of sp³-hybridized carbons (Fsp3) is 0. The van der Waals surface area contributed by atoms with Crippen molar-refractivity contribution in [1.82, 2.24) is 15.0 Å². The van der Waals surface area contributed by atoms with Crippen LogP contribution in [0.3, 0.4) is 0 Å². The minimum Gasteiger partial charge on any atom is -0.208 e. The van der Waals surface area contributed by atoms with Gasteiger partial charge in [-0.1, -0.05) is 140 Å². The van der Waals surface area contributed by atoms with Crippen LogP contribution in [0.5, 0.6) is 0 Å². The number of thiophene rings is 1. The van der Waals surface area contributed by atoms with Crippen molar-refractivity contribution in [2.24, 2.45) is 0 Å². The summed E-state index contributed by atoms with van der Waals surface area (Å²) in [5.74, 6) is 2.02. The van der Waals surface area contributed by atoms with Gasteiger partial charge in [0.15, 0.2) is 17.5 Å². The van der Waals surface area contributed by atoms with Crippen LogP contribution >= 0.6 is 11.3 Å². The highest BCUT2D eigenvalue weighted by atomic mass is 32.1. The van der Waals surface area contributed by atoms with E-state index in [0.717, 1.165) is 16.7 Å². The van der Waals surface area contributed by atoms with Crippen molar-refractivity contribution in [1.29, 1.82) is 0 Å². The van der Waals surface area contributed by atoms with Crippen molar-refractivity contribution in [3.8, 4) is 56.4 Å². The third kappa shape index (κ3) is 4.78. The fourth-order valence-electron chi connectivity index (χ4n) is 5.57. The zero-order chi connectivity index (χ0) is 28.6. The fourth-order valence-corrected chi connectivity index (χ4v) is 6.82. The molecular formula is C39H25N3S. The second-order valence-corrected chi connectivity index (χ2v) is 11.5. The largest absolute Gasteiger partial charge is 0.208 e. The molecule has 0 radical (unpaired) electrons. The van der Waals surface area contributed by atoms with Crippen LogP contribution in [-0.2, 0) is 0 Å². The van der Waals surface area contributed by atoms with Gasteiger partial charge < -0.3 is 0 Å². The molecule has 8 aromatic rings. The van der Waals surface area contributed by atoms with Gasteiger partial charge in [-0.15, -0.1) is 11.3 Å². The maximum absolute atomic E-state index is 5.00. The standard InChI is InChI=1S/C39H25N3S/c1-4-11-26(12-5-1)27-19-21-28(22-20-27)31-23-24-32-33-17-10-18-34(36(33)43-35(32)25-31)39-41-37(29-13-6-2-7-14-29)40-38(42-39)30-15-8-3-9-16-30/h1-25H. The van der Waals surface area contributed by atoms with Crippen LogP contribution in [0.2, 0.25) is 0 Å². The van der Waals surface area contributed by atoms with E-state index in [-0.39, 0.29) is 0 Å². The number of fused-ring (bicyclic) bond motifs is 3. The number of aromatic nitrogens is 3. The Morgan fingerprint density at radius 2 is 0.837 bits per heavy atom. The van der Waals surface area contributed by atoms with Gasteiger partial charge in [0.2, 0.25) is 0 Å². The van der Waals surface area contributed by atoms with Gasteiger partial charge in [-0.25, -0.2) is 15.0 Å². The van der Waals surface area contributed by atoms with Gasteiger partial charge in [-0.2, -0.15) is 0 Å². The molecule has 0 aliphatic heterocycles. The van der Waals surface area contributed by atoms with Gasteiger partial charge in [0.1, 0.15) is 0 Å². The summed E-state index contributed by atoms with van der Waals surface area (Å²) in [6, 6.07) is 52.8. The number of hydrogen-bond acceptors (Lipinski definition) is 4.